The van der Waals surface area contributed by atoms with E-state index in [4.69, 9.17) is 9.47 Å². The normalized spacial score (nSPS) is 19.2. The van der Waals surface area contributed by atoms with Gasteiger partial charge in [-0.3, -0.25) is 4.79 Å². The van der Waals surface area contributed by atoms with E-state index in [0.717, 1.165) is 60.0 Å². The molecule has 10 heteroatoms. The van der Waals surface area contributed by atoms with Crippen LogP contribution in [0.25, 0.3) is 0 Å². The minimum absolute atomic E-state index is 0.142. The number of piperazine rings is 1. The fourth-order valence-electron chi connectivity index (χ4n) is 3.65. The summed E-state index contributed by atoms with van der Waals surface area (Å²) in [6.07, 6.45) is 2.48. The summed E-state index contributed by atoms with van der Waals surface area (Å²) in [5.41, 5.74) is 1.08. The number of amides is 1. The van der Waals surface area contributed by atoms with E-state index in [0.29, 0.717) is 18.8 Å². The van der Waals surface area contributed by atoms with Crippen LogP contribution in [-0.2, 0) is 9.53 Å². The topological polar surface area (TPSA) is 79.8 Å². The van der Waals surface area contributed by atoms with Crippen molar-refractivity contribution < 1.29 is 14.3 Å². The summed E-state index contributed by atoms with van der Waals surface area (Å²) < 4.78 is 11.9. The molecule has 2 aliphatic rings. The molecule has 1 N–H and O–H groups in total. The fourth-order valence-corrected chi connectivity index (χ4v) is 5.31. The first kappa shape index (κ1) is 21.2. The van der Waals surface area contributed by atoms with Crippen molar-refractivity contribution in [2.24, 2.45) is 0 Å². The molecule has 2 saturated heterocycles. The van der Waals surface area contributed by atoms with E-state index in [2.05, 4.69) is 26.5 Å². The van der Waals surface area contributed by atoms with Crippen molar-refractivity contribution in [1.82, 2.24) is 15.1 Å². The summed E-state index contributed by atoms with van der Waals surface area (Å²) in [4.78, 5) is 16.8. The molecule has 30 heavy (non-hydrogen) atoms. The zero-order chi connectivity index (χ0) is 20.8. The maximum absolute atomic E-state index is 12.6. The van der Waals surface area contributed by atoms with Crippen LogP contribution in [0.4, 0.5) is 10.8 Å². The second kappa shape index (κ2) is 10.3. The molecule has 1 atom stereocenters. The molecule has 1 unspecified atom stereocenters. The molecule has 2 aliphatic heterocycles. The molecule has 162 valence electrons. The Morgan fingerprint density at radius 2 is 2.13 bits per heavy atom. The number of ether oxygens (including phenoxy) is 2. The number of hydrogen-bond donors (Lipinski definition) is 1. The Morgan fingerprint density at radius 1 is 1.30 bits per heavy atom. The number of benzene rings is 1. The van der Waals surface area contributed by atoms with E-state index < -0.39 is 0 Å². The van der Waals surface area contributed by atoms with Gasteiger partial charge in [0, 0.05) is 39.3 Å². The van der Waals surface area contributed by atoms with Crippen molar-refractivity contribution in [3.05, 3.63) is 24.3 Å². The number of carbonyl (C=O) groups excluding carboxylic acids is 1. The monoisotopic (exact) mass is 449 g/mol. The zero-order valence-corrected chi connectivity index (χ0v) is 18.7. The van der Waals surface area contributed by atoms with Crippen molar-refractivity contribution in [3.8, 4) is 5.75 Å². The fraction of sp³-hybridized carbons (Fsp3) is 0.550. The van der Waals surface area contributed by atoms with Crippen molar-refractivity contribution in [1.29, 1.82) is 0 Å². The van der Waals surface area contributed by atoms with E-state index in [1.165, 1.54) is 23.1 Å². The molecule has 8 nitrogen and oxygen atoms in total. The van der Waals surface area contributed by atoms with Gasteiger partial charge in [-0.2, -0.15) is 0 Å². The van der Waals surface area contributed by atoms with Crippen molar-refractivity contribution in [2.45, 2.75) is 23.3 Å². The lowest BCUT2D eigenvalue weighted by molar-refractivity contribution is -0.128. The van der Waals surface area contributed by atoms with Gasteiger partial charge in [-0.15, -0.1) is 10.2 Å². The maximum Gasteiger partial charge on any atom is 0.233 e. The number of methoxy groups -OCH3 is 1. The van der Waals surface area contributed by atoms with Gasteiger partial charge in [0.15, 0.2) is 4.34 Å². The Morgan fingerprint density at radius 3 is 2.90 bits per heavy atom. The highest BCUT2D eigenvalue weighted by Gasteiger charge is 2.23. The first-order valence-corrected chi connectivity index (χ1v) is 12.0. The second-order valence-corrected chi connectivity index (χ2v) is 9.42. The molecule has 0 bridgehead atoms. The molecule has 3 heterocycles. The summed E-state index contributed by atoms with van der Waals surface area (Å²) >= 11 is 2.94. The minimum atomic E-state index is 0.142. The number of para-hydroxylation sites is 2. The Labute approximate surface area is 184 Å². The summed E-state index contributed by atoms with van der Waals surface area (Å²) in [5.74, 6) is 1.39. The smallest absolute Gasteiger partial charge is 0.233 e. The van der Waals surface area contributed by atoms with Crippen LogP contribution >= 0.6 is 23.1 Å². The van der Waals surface area contributed by atoms with Crippen LogP contribution in [0.15, 0.2) is 28.6 Å². The first-order chi connectivity index (χ1) is 14.7. The maximum atomic E-state index is 12.6. The third-order valence-corrected chi connectivity index (χ3v) is 7.29. The number of hydrogen-bond acceptors (Lipinski definition) is 9. The third kappa shape index (κ3) is 5.35. The highest BCUT2D eigenvalue weighted by molar-refractivity contribution is 8.01. The Hall–Kier alpha value is -2.04. The van der Waals surface area contributed by atoms with Crippen LogP contribution in [0.1, 0.15) is 12.8 Å². The average Bonchev–Trinajstić information content (AvgIpc) is 3.48. The number of nitrogens with zero attached hydrogens (tertiary/aromatic N) is 4. The SMILES string of the molecule is COc1ccccc1N1CCN(C(=O)CSc2nnc(NCC3CCCO3)s2)CC1. The van der Waals surface area contributed by atoms with E-state index in [-0.39, 0.29) is 12.0 Å². The van der Waals surface area contributed by atoms with Gasteiger partial charge in [-0.05, 0) is 25.0 Å². The number of aromatic nitrogens is 2. The van der Waals surface area contributed by atoms with Gasteiger partial charge in [-0.1, -0.05) is 35.2 Å². The van der Waals surface area contributed by atoms with Gasteiger partial charge in [0.25, 0.3) is 0 Å². The van der Waals surface area contributed by atoms with Gasteiger partial charge < -0.3 is 24.6 Å². The van der Waals surface area contributed by atoms with E-state index >= 15 is 0 Å². The van der Waals surface area contributed by atoms with Crippen LogP contribution in [0, 0.1) is 0 Å². The minimum Gasteiger partial charge on any atom is -0.495 e. The lowest BCUT2D eigenvalue weighted by Gasteiger charge is -2.36. The summed E-state index contributed by atoms with van der Waals surface area (Å²) in [5, 5.41) is 12.4. The van der Waals surface area contributed by atoms with Gasteiger partial charge in [0.05, 0.1) is 24.7 Å². The number of nitrogens with one attached hydrogen (secondary N) is 1. The van der Waals surface area contributed by atoms with Crippen LogP contribution < -0.4 is 15.0 Å². The molecule has 1 aromatic carbocycles. The standard InChI is InChI=1S/C20H27N5O3S2/c1-27-17-7-3-2-6-16(17)24-8-10-25(11-9-24)18(26)14-29-20-23-22-19(30-20)21-13-15-5-4-12-28-15/h2-3,6-7,15H,4-5,8-14H2,1H3,(H,21,22). The van der Waals surface area contributed by atoms with Crippen molar-refractivity contribution in [2.75, 3.05) is 62.4 Å². The van der Waals surface area contributed by atoms with Crippen LogP contribution in [-0.4, -0.2) is 79.3 Å². The summed E-state index contributed by atoms with van der Waals surface area (Å²) in [7, 11) is 1.69. The Kier molecular flexibility index (Phi) is 7.29. The van der Waals surface area contributed by atoms with Gasteiger partial charge in [0.1, 0.15) is 5.75 Å². The van der Waals surface area contributed by atoms with E-state index in [1.54, 1.807) is 7.11 Å². The molecule has 2 fully saturated rings. The largest absolute Gasteiger partial charge is 0.495 e. The molecule has 0 radical (unpaired) electrons. The number of thioether (sulfide) groups is 1. The Bertz CT molecular complexity index is 835. The van der Waals surface area contributed by atoms with Crippen molar-refractivity contribution >= 4 is 39.8 Å². The third-order valence-electron chi connectivity index (χ3n) is 5.29. The summed E-state index contributed by atoms with van der Waals surface area (Å²) in [6, 6.07) is 8.01. The zero-order valence-electron chi connectivity index (χ0n) is 17.1. The highest BCUT2D eigenvalue weighted by atomic mass is 32.2. The van der Waals surface area contributed by atoms with Crippen molar-refractivity contribution in [3.63, 3.8) is 0 Å². The molecule has 0 spiro atoms. The van der Waals surface area contributed by atoms with Crippen LogP contribution in [0.2, 0.25) is 0 Å². The van der Waals surface area contributed by atoms with E-state index in [9.17, 15) is 4.79 Å². The quantitative estimate of drug-likeness (QED) is 0.616. The molecular formula is C20H27N5O3S2. The predicted octanol–water partition coefficient (Wildman–Crippen LogP) is 2.58. The number of anilines is 2. The lowest BCUT2D eigenvalue weighted by atomic mass is 10.2. The molecular weight excluding hydrogens is 422 g/mol. The molecule has 0 saturated carbocycles. The first-order valence-electron chi connectivity index (χ1n) is 10.2. The second-order valence-electron chi connectivity index (χ2n) is 7.22. The lowest BCUT2D eigenvalue weighted by Crippen LogP contribution is -2.49. The van der Waals surface area contributed by atoms with Gasteiger partial charge in [-0.25, -0.2) is 0 Å². The van der Waals surface area contributed by atoms with Crippen LogP contribution in [0.5, 0.6) is 5.75 Å². The predicted molar refractivity (Wildman–Crippen MR) is 120 cm³/mol. The summed E-state index contributed by atoms with van der Waals surface area (Å²) in [6.45, 7) is 4.62. The average molecular weight is 450 g/mol. The van der Waals surface area contributed by atoms with Gasteiger partial charge >= 0.3 is 0 Å². The number of carbonyl (C=O) groups is 1. The molecule has 4 rings (SSSR count). The Balaban J connectivity index is 1.21. The molecule has 1 amide bonds. The number of rotatable bonds is 8. The molecule has 1 aromatic heterocycles. The van der Waals surface area contributed by atoms with Crippen LogP contribution in [0.3, 0.4) is 0 Å². The molecule has 0 aliphatic carbocycles. The highest BCUT2D eigenvalue weighted by Crippen LogP contribution is 2.29. The van der Waals surface area contributed by atoms with E-state index in [1.807, 2.05) is 23.1 Å². The van der Waals surface area contributed by atoms with Gasteiger partial charge in [0.2, 0.25) is 11.0 Å². The molecule has 2 aromatic rings.